The fourth-order valence-electron chi connectivity index (χ4n) is 6.05. The molecule has 0 spiro atoms. The van der Waals surface area contributed by atoms with E-state index in [9.17, 15) is 0 Å². The van der Waals surface area contributed by atoms with Crippen molar-refractivity contribution in [2.75, 3.05) is 17.2 Å². The van der Waals surface area contributed by atoms with Gasteiger partial charge in [-0.25, -0.2) is 0 Å². The predicted molar refractivity (Wildman–Crippen MR) is 245 cm³/mol. The number of nitrogens with two attached hydrogens (primary N) is 3. The van der Waals surface area contributed by atoms with E-state index >= 15 is 0 Å². The Morgan fingerprint density at radius 2 is 0.800 bits per heavy atom. The second kappa shape index (κ2) is 20.2. The molecule has 6 aromatic carbocycles. The van der Waals surface area contributed by atoms with Crippen molar-refractivity contribution in [3.8, 4) is 34.5 Å². The first-order chi connectivity index (χ1) is 29.2. The average molecular weight is 865 g/mol. The van der Waals surface area contributed by atoms with Gasteiger partial charge in [-0.1, -0.05) is 76.4 Å². The minimum absolute atomic E-state index is 0.454. The first kappa shape index (κ1) is 42.6. The molecular formula is C45H51N6O6P3. The summed E-state index contributed by atoms with van der Waals surface area (Å²) in [4.78, 5) is 13.8. The SMILES string of the molecule is CCCc1ccc(ON2P(Oc3ccc(N)cc3)N(Oc3ccc(N)cc3)P(Oc3ccc(N)cc3)N=P2(Oc2ccc(CCC)cc2)Oc2ccc(CCC)cc2)cc1. The molecular weight excluding hydrogens is 813 g/mol. The topological polar surface area (TPSA) is 152 Å². The second-order valence-electron chi connectivity index (χ2n) is 14.0. The zero-order valence-electron chi connectivity index (χ0n) is 34.0. The summed E-state index contributed by atoms with van der Waals surface area (Å²) < 4.78 is 36.7. The monoisotopic (exact) mass is 864 g/mol. The van der Waals surface area contributed by atoms with Gasteiger partial charge >= 0.3 is 24.6 Å². The summed E-state index contributed by atoms with van der Waals surface area (Å²) in [6.45, 7) is 6.46. The largest absolute Gasteiger partial charge is 0.447 e. The van der Waals surface area contributed by atoms with E-state index in [1.165, 1.54) is 16.7 Å². The Morgan fingerprint density at radius 3 is 1.22 bits per heavy atom. The quantitative estimate of drug-likeness (QED) is 0.0559. The van der Waals surface area contributed by atoms with Crippen LogP contribution < -0.4 is 45.0 Å². The standard InChI is InChI=1S/C45H51N6O6P3/c1-4-7-34-10-22-41(23-11-34)53-51-59(55-43-32-20-39(48)21-33-43)50(52-40-28-16-37(46)17-29-40)58(54-42-30-18-38(47)19-31-42)49-60(51,56-44-24-12-35(8-5-2)13-25-44)57-45-26-14-36(9-6-3)15-27-45/h10-33H,4-9,46-48H2,1-3H3. The molecule has 1 heterocycles. The highest BCUT2D eigenvalue weighted by molar-refractivity contribution is 7.78. The Kier molecular flexibility index (Phi) is 14.4. The summed E-state index contributed by atoms with van der Waals surface area (Å²) in [6.07, 6.45) is 5.79. The maximum absolute atomic E-state index is 7.15. The van der Waals surface area contributed by atoms with Crippen LogP contribution in [0.1, 0.15) is 56.7 Å². The van der Waals surface area contributed by atoms with E-state index in [1.54, 1.807) is 82.0 Å². The smallest absolute Gasteiger partial charge is 0.440 e. The van der Waals surface area contributed by atoms with Crippen LogP contribution in [0.3, 0.4) is 0 Å². The van der Waals surface area contributed by atoms with Crippen LogP contribution >= 0.6 is 24.6 Å². The molecule has 0 saturated heterocycles. The van der Waals surface area contributed by atoms with Crippen molar-refractivity contribution in [2.24, 2.45) is 4.52 Å². The van der Waals surface area contributed by atoms with Gasteiger partial charge in [-0.3, -0.25) is 0 Å². The second-order valence-corrected chi connectivity index (χ2v) is 19.5. The van der Waals surface area contributed by atoms with Gasteiger partial charge < -0.3 is 45.0 Å². The van der Waals surface area contributed by atoms with Crippen LogP contribution in [0.5, 0.6) is 34.5 Å². The van der Waals surface area contributed by atoms with Crippen LogP contribution in [0.2, 0.25) is 0 Å². The van der Waals surface area contributed by atoms with Gasteiger partial charge in [0.25, 0.3) is 0 Å². The lowest BCUT2D eigenvalue weighted by molar-refractivity contribution is 0.0545. The molecule has 2 atom stereocenters. The van der Waals surface area contributed by atoms with Gasteiger partial charge in [0.1, 0.15) is 34.5 Å². The van der Waals surface area contributed by atoms with Crippen molar-refractivity contribution in [2.45, 2.75) is 59.3 Å². The molecule has 0 saturated carbocycles. The van der Waals surface area contributed by atoms with Crippen molar-refractivity contribution < 1.29 is 27.8 Å². The summed E-state index contributed by atoms with van der Waals surface area (Å²) in [5, 5.41) is 0. The lowest BCUT2D eigenvalue weighted by Gasteiger charge is -2.43. The zero-order valence-corrected chi connectivity index (χ0v) is 36.6. The van der Waals surface area contributed by atoms with Gasteiger partial charge in [0.2, 0.25) is 0 Å². The molecule has 6 N–H and O–H groups in total. The maximum Gasteiger partial charge on any atom is 0.447 e. The molecule has 312 valence electrons. The fraction of sp³-hybridized carbons (Fsp3) is 0.200. The van der Waals surface area contributed by atoms with E-state index in [-0.39, 0.29) is 0 Å². The number of rotatable bonds is 18. The van der Waals surface area contributed by atoms with E-state index in [0.29, 0.717) is 51.6 Å². The molecule has 1 aliphatic heterocycles. The molecule has 0 amide bonds. The summed E-state index contributed by atoms with van der Waals surface area (Å²) in [6, 6.07) is 45.0. The Morgan fingerprint density at radius 1 is 0.450 bits per heavy atom. The molecule has 0 radical (unpaired) electrons. The van der Waals surface area contributed by atoms with Crippen LogP contribution in [0, 0.1) is 0 Å². The number of anilines is 3. The summed E-state index contributed by atoms with van der Waals surface area (Å²) in [7, 11) is -8.35. The van der Waals surface area contributed by atoms with E-state index in [4.69, 9.17) is 49.5 Å². The molecule has 12 nitrogen and oxygen atoms in total. The van der Waals surface area contributed by atoms with Crippen molar-refractivity contribution >= 4 is 41.6 Å². The Hall–Kier alpha value is -5.47. The number of benzene rings is 6. The maximum atomic E-state index is 7.15. The van der Waals surface area contributed by atoms with Gasteiger partial charge in [-0.05, 0) is 145 Å². The third-order valence-electron chi connectivity index (χ3n) is 9.07. The Bertz CT molecular complexity index is 2270. The van der Waals surface area contributed by atoms with Crippen molar-refractivity contribution in [3.05, 3.63) is 162 Å². The summed E-state index contributed by atoms with van der Waals surface area (Å²) in [5.74, 6) is 2.95. The molecule has 0 bridgehead atoms. The highest BCUT2D eigenvalue weighted by Crippen LogP contribution is 2.77. The number of nitrogens with zero attached hydrogens (tertiary/aromatic N) is 3. The van der Waals surface area contributed by atoms with E-state index in [2.05, 4.69) is 20.8 Å². The van der Waals surface area contributed by atoms with Crippen molar-refractivity contribution in [1.29, 1.82) is 0 Å². The fourth-order valence-corrected chi connectivity index (χ4v) is 13.5. The minimum atomic E-state index is -3.90. The Balaban J connectivity index is 1.47. The molecule has 6 aromatic rings. The highest BCUT2D eigenvalue weighted by atomic mass is 31.3. The van der Waals surface area contributed by atoms with E-state index in [0.717, 1.165) is 38.5 Å². The summed E-state index contributed by atoms with van der Waals surface area (Å²) in [5.41, 5.74) is 23.6. The summed E-state index contributed by atoms with van der Waals surface area (Å²) >= 11 is 0. The molecule has 1 aliphatic rings. The zero-order chi connectivity index (χ0) is 41.9. The molecule has 15 heteroatoms. The first-order valence-electron chi connectivity index (χ1n) is 20.0. The molecule has 0 aliphatic carbocycles. The van der Waals surface area contributed by atoms with Crippen LogP contribution in [0.4, 0.5) is 17.1 Å². The lowest BCUT2D eigenvalue weighted by Crippen LogP contribution is -2.37. The van der Waals surface area contributed by atoms with Gasteiger partial charge in [0.15, 0.2) is 0 Å². The number of nitrogen functional groups attached to an aromatic ring is 3. The third kappa shape index (κ3) is 11.0. The van der Waals surface area contributed by atoms with Crippen LogP contribution in [0.15, 0.2) is 150 Å². The molecule has 7 rings (SSSR count). The minimum Gasteiger partial charge on any atom is -0.440 e. The Labute approximate surface area is 355 Å². The molecule has 0 aromatic heterocycles. The van der Waals surface area contributed by atoms with E-state index in [1.807, 2.05) is 72.8 Å². The number of aryl methyl sites for hydroxylation is 3. The highest BCUT2D eigenvalue weighted by Gasteiger charge is 2.58. The number of hydrogen-bond acceptors (Lipinski definition) is 12. The average Bonchev–Trinajstić information content (AvgIpc) is 3.25. The van der Waals surface area contributed by atoms with Crippen LogP contribution in [-0.2, 0) is 19.3 Å². The lowest BCUT2D eigenvalue weighted by atomic mass is 10.1. The van der Waals surface area contributed by atoms with Crippen LogP contribution in [-0.4, -0.2) is 9.21 Å². The van der Waals surface area contributed by atoms with Gasteiger partial charge in [-0.2, -0.15) is 0 Å². The number of hydrogen-bond donors (Lipinski definition) is 3. The van der Waals surface area contributed by atoms with Crippen molar-refractivity contribution in [1.82, 2.24) is 9.21 Å². The van der Waals surface area contributed by atoms with Crippen LogP contribution in [0.25, 0.3) is 0 Å². The van der Waals surface area contributed by atoms with Gasteiger partial charge in [0.05, 0.1) is 0 Å². The predicted octanol–water partition coefficient (Wildman–Crippen LogP) is 12.9. The van der Waals surface area contributed by atoms with Crippen molar-refractivity contribution in [3.63, 3.8) is 0 Å². The molecule has 60 heavy (non-hydrogen) atoms. The van der Waals surface area contributed by atoms with Gasteiger partial charge in [-0.15, -0.1) is 4.52 Å². The van der Waals surface area contributed by atoms with Gasteiger partial charge in [0, 0.05) is 26.3 Å². The third-order valence-corrected chi connectivity index (χ3v) is 15.9. The first-order valence-corrected chi connectivity index (χ1v) is 23.9. The molecule has 2 unspecified atom stereocenters. The molecule has 0 fully saturated rings. The normalized spacial score (nSPS) is 16.3. The van der Waals surface area contributed by atoms with E-state index < -0.39 is 24.6 Å².